The molecule has 3 heteroatoms. The van der Waals surface area contributed by atoms with Crippen molar-refractivity contribution < 1.29 is 4.58 Å². The van der Waals surface area contributed by atoms with Gasteiger partial charge in [0.25, 0.3) is 0 Å². The highest BCUT2D eigenvalue weighted by atomic mass is 35.5. The SMILES string of the molecule is CC.CCCN1/C(=C/C=C/C2=[N+](C)c3ccc4ccccc4c3C2(C)C)C(C)(Cc2ccccc2)c2cc(Cl)ccc21. The molecule has 0 fully saturated rings. The molecule has 1 atom stereocenters. The van der Waals surface area contributed by atoms with E-state index in [1.165, 1.54) is 50.2 Å². The summed E-state index contributed by atoms with van der Waals surface area (Å²) in [7, 11) is 2.20. The van der Waals surface area contributed by atoms with Gasteiger partial charge in [0.2, 0.25) is 5.69 Å². The van der Waals surface area contributed by atoms with Crippen molar-refractivity contribution in [1.29, 1.82) is 0 Å². The Hall–Kier alpha value is -3.62. The lowest BCUT2D eigenvalue weighted by Gasteiger charge is -2.30. The van der Waals surface area contributed by atoms with Gasteiger partial charge in [-0.05, 0) is 85.9 Å². The van der Waals surface area contributed by atoms with Crippen molar-refractivity contribution in [2.45, 2.75) is 65.2 Å². The number of hydrogen-bond acceptors (Lipinski definition) is 1. The van der Waals surface area contributed by atoms with E-state index in [1.54, 1.807) is 0 Å². The van der Waals surface area contributed by atoms with Crippen LogP contribution in [0.2, 0.25) is 5.02 Å². The molecule has 0 radical (unpaired) electrons. The summed E-state index contributed by atoms with van der Waals surface area (Å²) in [4.78, 5) is 2.51. The number of nitrogens with zero attached hydrogens (tertiary/aromatic N) is 2. The number of hydrogen-bond donors (Lipinski definition) is 0. The van der Waals surface area contributed by atoms with Crippen molar-refractivity contribution >= 4 is 39.5 Å². The van der Waals surface area contributed by atoms with E-state index >= 15 is 0 Å². The second-order valence-corrected chi connectivity index (χ2v) is 12.4. The number of anilines is 1. The molecule has 2 aliphatic heterocycles. The second-order valence-electron chi connectivity index (χ2n) is 12.0. The van der Waals surface area contributed by atoms with Crippen LogP contribution >= 0.6 is 11.6 Å². The van der Waals surface area contributed by atoms with Crippen LogP contribution in [0.1, 0.15) is 64.7 Å². The normalized spacial score (nSPS) is 19.8. The minimum atomic E-state index is -0.192. The van der Waals surface area contributed by atoms with Crippen LogP contribution in [-0.2, 0) is 17.3 Å². The first-order valence-electron chi connectivity index (χ1n) is 15.4. The van der Waals surface area contributed by atoms with Gasteiger partial charge in [-0.15, -0.1) is 0 Å². The Labute approximate surface area is 257 Å². The summed E-state index contributed by atoms with van der Waals surface area (Å²) in [5, 5.41) is 3.43. The van der Waals surface area contributed by atoms with Crippen molar-refractivity contribution in [1.82, 2.24) is 0 Å². The van der Waals surface area contributed by atoms with E-state index < -0.39 is 0 Å². The fourth-order valence-electron chi connectivity index (χ4n) is 7.10. The molecule has 0 saturated carbocycles. The molecule has 4 aromatic rings. The highest BCUT2D eigenvalue weighted by Gasteiger charge is 2.45. The lowest BCUT2D eigenvalue weighted by molar-refractivity contribution is -0.401. The van der Waals surface area contributed by atoms with Crippen molar-refractivity contribution in [2.75, 3.05) is 18.5 Å². The van der Waals surface area contributed by atoms with Gasteiger partial charge < -0.3 is 4.90 Å². The maximum Gasteiger partial charge on any atom is 0.210 e. The van der Waals surface area contributed by atoms with Gasteiger partial charge in [0.05, 0.1) is 5.41 Å². The van der Waals surface area contributed by atoms with E-state index in [9.17, 15) is 0 Å². The average molecular weight is 576 g/mol. The Balaban J connectivity index is 0.00000173. The first-order chi connectivity index (χ1) is 20.3. The molecule has 2 nitrogen and oxygen atoms in total. The Bertz CT molecular complexity index is 1690. The molecule has 0 aromatic heterocycles. The summed E-state index contributed by atoms with van der Waals surface area (Å²) < 4.78 is 2.37. The van der Waals surface area contributed by atoms with Gasteiger partial charge in [-0.25, -0.2) is 0 Å². The molecule has 2 heterocycles. The molecule has 0 saturated heterocycles. The topological polar surface area (TPSA) is 6.25 Å². The molecular weight excluding hydrogens is 532 g/mol. The van der Waals surface area contributed by atoms with Gasteiger partial charge in [0.1, 0.15) is 7.05 Å². The van der Waals surface area contributed by atoms with Gasteiger partial charge in [0.15, 0.2) is 5.71 Å². The second kappa shape index (κ2) is 11.9. The summed E-state index contributed by atoms with van der Waals surface area (Å²) in [6.07, 6.45) is 8.94. The Morgan fingerprint density at radius 1 is 0.881 bits per heavy atom. The molecule has 216 valence electrons. The minimum Gasteiger partial charge on any atom is -0.344 e. The highest BCUT2D eigenvalue weighted by Crippen LogP contribution is 2.51. The third kappa shape index (κ3) is 5.01. The van der Waals surface area contributed by atoms with Crippen molar-refractivity contribution in [3.8, 4) is 0 Å². The molecule has 0 N–H and O–H groups in total. The molecule has 42 heavy (non-hydrogen) atoms. The zero-order valence-electron chi connectivity index (χ0n) is 26.2. The maximum absolute atomic E-state index is 6.59. The maximum atomic E-state index is 6.59. The molecule has 0 spiro atoms. The lowest BCUT2D eigenvalue weighted by atomic mass is 9.76. The average Bonchev–Trinajstić information content (AvgIpc) is 3.33. The number of allylic oxidation sites excluding steroid dienone is 4. The van der Waals surface area contributed by atoms with Crippen LogP contribution < -0.4 is 4.90 Å². The predicted octanol–water partition coefficient (Wildman–Crippen LogP) is 10.4. The summed E-state index contributed by atoms with van der Waals surface area (Å²) in [6.45, 7) is 14.3. The molecule has 0 bridgehead atoms. The summed E-state index contributed by atoms with van der Waals surface area (Å²) in [5.74, 6) is 0. The largest absolute Gasteiger partial charge is 0.344 e. The number of fused-ring (bicyclic) bond motifs is 4. The number of rotatable bonds is 6. The number of benzene rings is 4. The fraction of sp³-hybridized carbons (Fsp3) is 0.308. The predicted molar refractivity (Wildman–Crippen MR) is 183 cm³/mol. The standard InChI is InChI=1S/C37H38ClN2.C2H6/c1-6-23-40-31-22-20-28(38)24-30(31)37(4,25-26-13-8-7-9-14-26)34(40)18-12-17-33-36(2,3)35-29-16-11-10-15-27(29)19-21-32(35)39(33)5;1-2/h7-22,24H,6,23,25H2,1-5H3;1-2H3/q+1;. The number of halogens is 1. The zero-order valence-corrected chi connectivity index (χ0v) is 27.0. The third-order valence-corrected chi connectivity index (χ3v) is 9.19. The summed E-state index contributed by atoms with van der Waals surface area (Å²) in [5.41, 5.74) is 8.94. The Morgan fingerprint density at radius 3 is 2.33 bits per heavy atom. The van der Waals surface area contributed by atoms with E-state index in [4.69, 9.17) is 11.6 Å². The molecule has 0 aliphatic carbocycles. The van der Waals surface area contributed by atoms with E-state index in [2.05, 4.69) is 141 Å². The highest BCUT2D eigenvalue weighted by molar-refractivity contribution is 6.30. The van der Waals surface area contributed by atoms with Gasteiger partial charge in [-0.1, -0.05) is 93.0 Å². The van der Waals surface area contributed by atoms with E-state index in [0.717, 1.165) is 24.4 Å². The summed E-state index contributed by atoms with van der Waals surface area (Å²) in [6, 6.07) is 30.5. The van der Waals surface area contributed by atoms with Crippen LogP contribution in [-0.4, -0.2) is 23.9 Å². The van der Waals surface area contributed by atoms with Crippen LogP contribution in [0, 0.1) is 0 Å². The van der Waals surface area contributed by atoms with Crippen LogP contribution in [0.4, 0.5) is 11.4 Å². The molecular formula is C39H44ClN2+. The van der Waals surface area contributed by atoms with Crippen LogP contribution in [0.3, 0.4) is 0 Å². The lowest BCUT2D eigenvalue weighted by Crippen LogP contribution is -2.31. The fourth-order valence-corrected chi connectivity index (χ4v) is 7.28. The monoisotopic (exact) mass is 575 g/mol. The van der Waals surface area contributed by atoms with Crippen LogP contribution in [0.25, 0.3) is 10.8 Å². The van der Waals surface area contributed by atoms with E-state index in [-0.39, 0.29) is 10.8 Å². The molecule has 1 unspecified atom stereocenters. The van der Waals surface area contributed by atoms with Gasteiger partial charge in [-0.3, -0.25) is 0 Å². The first kappa shape index (κ1) is 29.9. The van der Waals surface area contributed by atoms with Crippen LogP contribution in [0.5, 0.6) is 0 Å². The van der Waals surface area contributed by atoms with E-state index in [0.29, 0.717) is 0 Å². The van der Waals surface area contributed by atoms with E-state index in [1.807, 2.05) is 19.9 Å². The zero-order chi connectivity index (χ0) is 30.1. The van der Waals surface area contributed by atoms with Crippen molar-refractivity contribution in [3.63, 3.8) is 0 Å². The minimum absolute atomic E-state index is 0.109. The molecule has 0 amide bonds. The van der Waals surface area contributed by atoms with Crippen LogP contribution in [0.15, 0.2) is 109 Å². The Morgan fingerprint density at radius 2 is 1.60 bits per heavy atom. The molecule has 2 aliphatic rings. The molecule has 6 rings (SSSR count). The van der Waals surface area contributed by atoms with Gasteiger partial charge in [-0.2, -0.15) is 4.58 Å². The van der Waals surface area contributed by atoms with Crippen molar-refractivity contribution in [3.05, 3.63) is 131 Å². The summed E-state index contributed by atoms with van der Waals surface area (Å²) >= 11 is 6.59. The van der Waals surface area contributed by atoms with Gasteiger partial charge in [0, 0.05) is 46.1 Å². The van der Waals surface area contributed by atoms with Crippen molar-refractivity contribution in [2.24, 2.45) is 0 Å². The Kier molecular flexibility index (Phi) is 8.49. The van der Waals surface area contributed by atoms with Gasteiger partial charge >= 0.3 is 0 Å². The third-order valence-electron chi connectivity index (χ3n) is 8.95. The molecule has 4 aromatic carbocycles. The first-order valence-corrected chi connectivity index (χ1v) is 15.8. The smallest absolute Gasteiger partial charge is 0.210 e. The quantitative estimate of drug-likeness (QED) is 0.207.